The molecule has 0 radical (unpaired) electrons. The van der Waals surface area contributed by atoms with E-state index >= 15 is 0 Å². The number of rotatable bonds is 2. The summed E-state index contributed by atoms with van der Waals surface area (Å²) in [7, 11) is 0. The van der Waals surface area contributed by atoms with Crippen molar-refractivity contribution < 1.29 is 0 Å². The van der Waals surface area contributed by atoms with Crippen LogP contribution in [-0.4, -0.2) is 6.26 Å². The minimum absolute atomic E-state index is 0. The molecule has 0 unspecified atom stereocenters. The zero-order valence-electron chi connectivity index (χ0n) is 6.71. The minimum atomic E-state index is 0. The zero-order valence-corrected chi connectivity index (χ0v) is 9.10. The molecule has 0 saturated carbocycles. The van der Waals surface area contributed by atoms with Crippen molar-refractivity contribution in [3.8, 4) is 0 Å². The average molecular weight is 224 g/mol. The monoisotopic (exact) mass is 223 g/mol. The molecule has 1 aromatic carbocycles. The van der Waals surface area contributed by atoms with Gasteiger partial charge in [0.15, 0.2) is 0 Å². The topological polar surface area (TPSA) is 26.0 Å². The molecule has 0 aliphatic rings. The van der Waals surface area contributed by atoms with Gasteiger partial charge in [-0.2, -0.15) is 0 Å². The zero-order chi connectivity index (χ0) is 8.27. The molecule has 1 aromatic rings. The normalized spacial score (nSPS) is 9.25. The Labute approximate surface area is 88.1 Å². The van der Waals surface area contributed by atoms with Gasteiger partial charge in [-0.25, -0.2) is 0 Å². The highest BCUT2D eigenvalue weighted by molar-refractivity contribution is 7.98. The van der Waals surface area contributed by atoms with E-state index in [1.54, 1.807) is 11.8 Å². The highest BCUT2D eigenvalue weighted by Gasteiger charge is 1.98. The summed E-state index contributed by atoms with van der Waals surface area (Å²) in [6, 6.07) is 5.79. The maximum atomic E-state index is 5.79. The first-order valence-electron chi connectivity index (χ1n) is 3.30. The molecule has 0 aromatic heterocycles. The van der Waals surface area contributed by atoms with Gasteiger partial charge >= 0.3 is 0 Å². The summed E-state index contributed by atoms with van der Waals surface area (Å²) in [5, 5.41) is 0.753. The van der Waals surface area contributed by atoms with Crippen LogP contribution >= 0.6 is 35.8 Å². The van der Waals surface area contributed by atoms with Gasteiger partial charge in [-0.1, -0.05) is 11.6 Å². The molecule has 0 fully saturated rings. The summed E-state index contributed by atoms with van der Waals surface area (Å²) in [6.45, 7) is 0.552. The number of hydrogen-bond donors (Lipinski definition) is 1. The van der Waals surface area contributed by atoms with Crippen LogP contribution < -0.4 is 5.73 Å². The quantitative estimate of drug-likeness (QED) is 0.781. The summed E-state index contributed by atoms with van der Waals surface area (Å²) in [5.41, 5.74) is 6.64. The number of thioether (sulfide) groups is 1. The van der Waals surface area contributed by atoms with Crippen molar-refractivity contribution in [2.75, 3.05) is 6.26 Å². The van der Waals surface area contributed by atoms with Gasteiger partial charge < -0.3 is 5.73 Å². The van der Waals surface area contributed by atoms with Gasteiger partial charge in [-0.15, -0.1) is 24.2 Å². The Kier molecular flexibility index (Phi) is 5.76. The maximum absolute atomic E-state index is 5.79. The van der Waals surface area contributed by atoms with Gasteiger partial charge in [0, 0.05) is 16.5 Å². The molecule has 1 nitrogen and oxygen atoms in total. The standard InChI is InChI=1S/C8H10ClNS.ClH/c1-11-8-3-2-7(9)4-6(8)5-10;/h2-4H,5,10H2,1H3;1H. The predicted octanol–water partition coefficient (Wildman–Crippen LogP) is 2.94. The van der Waals surface area contributed by atoms with Gasteiger partial charge in [0.25, 0.3) is 0 Å². The van der Waals surface area contributed by atoms with E-state index in [9.17, 15) is 0 Å². The number of halogens is 2. The SMILES string of the molecule is CSc1ccc(Cl)cc1CN.Cl. The highest BCUT2D eigenvalue weighted by atomic mass is 35.5. The van der Waals surface area contributed by atoms with Crippen LogP contribution in [-0.2, 0) is 6.54 Å². The molecular formula is C8H11Cl2NS. The third-order valence-corrected chi connectivity index (χ3v) is 2.54. The second-order valence-electron chi connectivity index (χ2n) is 2.16. The smallest absolute Gasteiger partial charge is 0.0410 e. The molecule has 0 atom stereocenters. The highest BCUT2D eigenvalue weighted by Crippen LogP contribution is 2.23. The molecule has 1 rings (SSSR count). The van der Waals surface area contributed by atoms with Crippen LogP contribution in [0.1, 0.15) is 5.56 Å². The molecule has 68 valence electrons. The van der Waals surface area contributed by atoms with Crippen LogP contribution in [0.2, 0.25) is 5.02 Å². The van der Waals surface area contributed by atoms with Crippen LogP contribution in [0, 0.1) is 0 Å². The molecule has 0 aliphatic heterocycles. The Morgan fingerprint density at radius 3 is 2.67 bits per heavy atom. The summed E-state index contributed by atoms with van der Waals surface area (Å²) in [4.78, 5) is 1.21. The summed E-state index contributed by atoms with van der Waals surface area (Å²) in [5.74, 6) is 0. The van der Waals surface area contributed by atoms with E-state index in [1.165, 1.54) is 4.90 Å². The van der Waals surface area contributed by atoms with E-state index in [4.69, 9.17) is 17.3 Å². The van der Waals surface area contributed by atoms with Gasteiger partial charge in [-0.3, -0.25) is 0 Å². The van der Waals surface area contributed by atoms with Crippen molar-refractivity contribution in [2.45, 2.75) is 11.4 Å². The number of hydrogen-bond acceptors (Lipinski definition) is 2. The number of nitrogens with two attached hydrogens (primary N) is 1. The lowest BCUT2D eigenvalue weighted by Crippen LogP contribution is -1.97. The van der Waals surface area contributed by atoms with E-state index in [2.05, 4.69) is 0 Å². The van der Waals surface area contributed by atoms with E-state index in [1.807, 2.05) is 24.5 Å². The predicted molar refractivity (Wildman–Crippen MR) is 58.4 cm³/mol. The molecule has 12 heavy (non-hydrogen) atoms. The van der Waals surface area contributed by atoms with Crippen molar-refractivity contribution in [3.05, 3.63) is 28.8 Å². The van der Waals surface area contributed by atoms with Gasteiger partial charge in [0.2, 0.25) is 0 Å². The third kappa shape index (κ3) is 2.87. The molecule has 0 aliphatic carbocycles. The first kappa shape index (κ1) is 12.1. The van der Waals surface area contributed by atoms with Crippen LogP contribution in [0.25, 0.3) is 0 Å². The molecule has 0 bridgehead atoms. The Morgan fingerprint density at radius 1 is 1.50 bits per heavy atom. The summed E-state index contributed by atoms with van der Waals surface area (Å²) >= 11 is 7.48. The average Bonchev–Trinajstić information content (AvgIpc) is 2.04. The second-order valence-corrected chi connectivity index (χ2v) is 3.44. The van der Waals surface area contributed by atoms with Gasteiger partial charge in [-0.05, 0) is 30.0 Å². The molecule has 0 heterocycles. The Hall–Kier alpha value is 0.110. The lowest BCUT2D eigenvalue weighted by atomic mass is 10.2. The Morgan fingerprint density at radius 2 is 2.17 bits per heavy atom. The molecule has 0 spiro atoms. The van der Waals surface area contributed by atoms with E-state index in [0.717, 1.165) is 10.6 Å². The largest absolute Gasteiger partial charge is 0.326 e. The molecule has 4 heteroatoms. The summed E-state index contributed by atoms with van der Waals surface area (Å²) < 4.78 is 0. The number of benzene rings is 1. The molecule has 0 amide bonds. The van der Waals surface area contributed by atoms with Crippen LogP contribution in [0.3, 0.4) is 0 Å². The fourth-order valence-corrected chi connectivity index (χ4v) is 1.71. The first-order valence-corrected chi connectivity index (χ1v) is 4.90. The molecule has 2 N–H and O–H groups in total. The van der Waals surface area contributed by atoms with E-state index < -0.39 is 0 Å². The molecular weight excluding hydrogens is 213 g/mol. The fourth-order valence-electron chi connectivity index (χ4n) is 0.907. The van der Waals surface area contributed by atoms with Gasteiger partial charge in [0.05, 0.1) is 0 Å². The van der Waals surface area contributed by atoms with Crippen molar-refractivity contribution in [3.63, 3.8) is 0 Å². The van der Waals surface area contributed by atoms with Crippen LogP contribution in [0.15, 0.2) is 23.1 Å². The van der Waals surface area contributed by atoms with Crippen molar-refractivity contribution in [1.29, 1.82) is 0 Å². The summed E-state index contributed by atoms with van der Waals surface area (Å²) in [6.07, 6.45) is 2.03. The lowest BCUT2D eigenvalue weighted by Gasteiger charge is -2.03. The Balaban J connectivity index is 0.00000121. The molecule has 0 saturated heterocycles. The lowest BCUT2D eigenvalue weighted by molar-refractivity contribution is 1.03. The fraction of sp³-hybridized carbons (Fsp3) is 0.250. The van der Waals surface area contributed by atoms with Crippen molar-refractivity contribution in [2.24, 2.45) is 5.73 Å². The van der Waals surface area contributed by atoms with Crippen molar-refractivity contribution >= 4 is 35.8 Å². The van der Waals surface area contributed by atoms with Crippen molar-refractivity contribution in [1.82, 2.24) is 0 Å². The van der Waals surface area contributed by atoms with Crippen LogP contribution in [0.4, 0.5) is 0 Å². The van der Waals surface area contributed by atoms with E-state index in [-0.39, 0.29) is 12.4 Å². The van der Waals surface area contributed by atoms with Gasteiger partial charge in [0.1, 0.15) is 0 Å². The second kappa shape index (κ2) is 5.70. The minimum Gasteiger partial charge on any atom is -0.326 e. The Bertz CT molecular complexity index is 253. The third-order valence-electron chi connectivity index (χ3n) is 1.46. The maximum Gasteiger partial charge on any atom is 0.0410 e. The van der Waals surface area contributed by atoms with E-state index in [0.29, 0.717) is 6.54 Å². The van der Waals surface area contributed by atoms with Crippen LogP contribution in [0.5, 0.6) is 0 Å². The first-order chi connectivity index (χ1) is 5.27.